The van der Waals surface area contributed by atoms with Crippen molar-refractivity contribution in [2.24, 2.45) is 5.41 Å². The Balaban J connectivity index is 2.25. The number of unbranched alkanes of at least 4 members (excludes halogenated alkanes) is 1. The first-order chi connectivity index (χ1) is 16.2. The molecular weight excluding hydrogens is 461 g/mol. The molecular formula is C26H33ClFNO5. The van der Waals surface area contributed by atoms with Crippen molar-refractivity contribution in [1.29, 1.82) is 0 Å². The van der Waals surface area contributed by atoms with Gasteiger partial charge in [-0.25, -0.2) is 9.18 Å². The van der Waals surface area contributed by atoms with E-state index in [-0.39, 0.29) is 25.5 Å². The maximum Gasteiger partial charge on any atom is 0.407 e. The van der Waals surface area contributed by atoms with E-state index in [1.54, 1.807) is 44.2 Å². The number of benzene rings is 2. The fraction of sp³-hybridized carbons (Fsp3) is 0.462. The van der Waals surface area contributed by atoms with Crippen LogP contribution in [0.1, 0.15) is 58.1 Å². The molecule has 2 N–H and O–H groups in total. The van der Waals surface area contributed by atoms with Gasteiger partial charge in [-0.2, -0.15) is 0 Å². The van der Waals surface area contributed by atoms with Crippen molar-refractivity contribution in [2.45, 2.75) is 52.5 Å². The highest BCUT2D eigenvalue weighted by Gasteiger charge is 2.35. The lowest BCUT2D eigenvalue weighted by atomic mass is 9.83. The van der Waals surface area contributed by atoms with Crippen LogP contribution in [0.5, 0.6) is 0 Å². The average Bonchev–Trinajstić information content (AvgIpc) is 2.83. The quantitative estimate of drug-likeness (QED) is 0.277. The molecule has 0 heterocycles. The van der Waals surface area contributed by atoms with Crippen LogP contribution >= 0.6 is 11.6 Å². The molecule has 0 bridgehead atoms. The summed E-state index contributed by atoms with van der Waals surface area (Å²) in [6.45, 7) is 5.47. The fourth-order valence-corrected chi connectivity index (χ4v) is 3.62. The summed E-state index contributed by atoms with van der Waals surface area (Å²) in [6, 6.07) is 10.9. The summed E-state index contributed by atoms with van der Waals surface area (Å²) in [7, 11) is 0. The summed E-state index contributed by atoms with van der Waals surface area (Å²) in [5.74, 6) is -0.881. The number of rotatable bonds is 12. The second-order valence-corrected chi connectivity index (χ2v) is 8.85. The van der Waals surface area contributed by atoms with Gasteiger partial charge in [0, 0.05) is 10.6 Å². The monoisotopic (exact) mass is 493 g/mol. The van der Waals surface area contributed by atoms with Crippen LogP contribution in [-0.4, -0.2) is 37.0 Å². The van der Waals surface area contributed by atoms with Crippen LogP contribution in [0.25, 0.3) is 11.1 Å². The second-order valence-electron chi connectivity index (χ2n) is 8.41. The van der Waals surface area contributed by atoms with Crippen LogP contribution < -0.4 is 5.32 Å². The number of hydrogen-bond acceptors (Lipinski definition) is 5. The van der Waals surface area contributed by atoms with Gasteiger partial charge in [-0.15, -0.1) is 0 Å². The predicted molar refractivity (Wildman–Crippen MR) is 130 cm³/mol. The Hall–Kier alpha value is -2.64. The number of esters is 1. The molecule has 0 fully saturated rings. The third-order valence-corrected chi connectivity index (χ3v) is 5.91. The van der Waals surface area contributed by atoms with Gasteiger partial charge in [-0.3, -0.25) is 4.79 Å². The van der Waals surface area contributed by atoms with Gasteiger partial charge >= 0.3 is 12.1 Å². The van der Waals surface area contributed by atoms with Gasteiger partial charge in [-0.1, -0.05) is 49.2 Å². The molecule has 34 heavy (non-hydrogen) atoms. The van der Waals surface area contributed by atoms with E-state index in [0.29, 0.717) is 29.2 Å². The topological polar surface area (TPSA) is 84.9 Å². The highest BCUT2D eigenvalue weighted by Crippen LogP contribution is 2.32. The zero-order valence-electron chi connectivity index (χ0n) is 19.9. The van der Waals surface area contributed by atoms with Gasteiger partial charge in [0.1, 0.15) is 5.82 Å². The number of alkyl carbamates (subject to hydrolysis) is 1. The van der Waals surface area contributed by atoms with Gasteiger partial charge in [0.15, 0.2) is 0 Å². The number of hydrogen-bond donors (Lipinski definition) is 2. The maximum absolute atomic E-state index is 14.3. The highest BCUT2D eigenvalue weighted by atomic mass is 35.5. The molecule has 2 aromatic rings. The number of amides is 1. The van der Waals surface area contributed by atoms with Gasteiger partial charge in [0.25, 0.3) is 0 Å². The lowest BCUT2D eigenvalue weighted by molar-refractivity contribution is -0.157. The minimum Gasteiger partial charge on any atom is -0.466 e. The maximum atomic E-state index is 14.3. The molecule has 0 saturated heterocycles. The Morgan fingerprint density at radius 2 is 1.85 bits per heavy atom. The first-order valence-electron chi connectivity index (χ1n) is 11.5. The minimum atomic E-state index is -1.11. The summed E-state index contributed by atoms with van der Waals surface area (Å²) in [5.41, 5.74) is 0.659. The van der Waals surface area contributed by atoms with Crippen molar-refractivity contribution < 1.29 is 28.6 Å². The van der Waals surface area contributed by atoms with Crippen LogP contribution in [-0.2, 0) is 14.3 Å². The molecule has 186 valence electrons. The van der Waals surface area contributed by atoms with Crippen molar-refractivity contribution in [3.63, 3.8) is 0 Å². The summed E-state index contributed by atoms with van der Waals surface area (Å²) >= 11 is 6.02. The largest absolute Gasteiger partial charge is 0.466 e. The van der Waals surface area contributed by atoms with Crippen LogP contribution in [0.3, 0.4) is 0 Å². The minimum absolute atomic E-state index is 0.210. The Morgan fingerprint density at radius 3 is 2.47 bits per heavy atom. The van der Waals surface area contributed by atoms with E-state index in [1.807, 2.05) is 6.92 Å². The lowest BCUT2D eigenvalue weighted by Gasteiger charge is -2.27. The number of aliphatic hydroxyl groups is 1. The van der Waals surface area contributed by atoms with Crippen molar-refractivity contribution >= 4 is 23.7 Å². The first kappa shape index (κ1) is 27.6. The molecule has 0 saturated carbocycles. The standard InChI is InChI=1S/C26H33ClFNO5/c1-4-6-15-34-25(32)29-23(13-14-26(3,17-30)24(31)33-5-2)19-9-7-18(8-10-19)21-16-20(27)11-12-22(21)28/h7-12,16,23,30H,4-6,13-15,17H2,1-3H3,(H,29,32). The van der Waals surface area contributed by atoms with Crippen molar-refractivity contribution in [1.82, 2.24) is 5.32 Å². The number of ether oxygens (including phenoxy) is 2. The Kier molecular flexibility index (Phi) is 10.8. The molecule has 2 atom stereocenters. The van der Waals surface area contributed by atoms with Crippen molar-refractivity contribution in [3.8, 4) is 11.1 Å². The first-order valence-corrected chi connectivity index (χ1v) is 11.9. The van der Waals surface area contributed by atoms with E-state index < -0.39 is 23.5 Å². The average molecular weight is 494 g/mol. The lowest BCUT2D eigenvalue weighted by Crippen LogP contribution is -2.36. The van der Waals surface area contributed by atoms with E-state index in [1.165, 1.54) is 12.1 Å². The smallest absolute Gasteiger partial charge is 0.407 e. The number of halogens is 2. The molecule has 0 aliphatic heterocycles. The molecule has 8 heteroatoms. The highest BCUT2D eigenvalue weighted by molar-refractivity contribution is 6.30. The van der Waals surface area contributed by atoms with Crippen molar-refractivity contribution in [3.05, 3.63) is 58.9 Å². The zero-order valence-corrected chi connectivity index (χ0v) is 20.7. The van der Waals surface area contributed by atoms with Crippen molar-refractivity contribution in [2.75, 3.05) is 19.8 Å². The van der Waals surface area contributed by atoms with Gasteiger partial charge in [-0.05, 0) is 62.4 Å². The summed E-state index contributed by atoms with van der Waals surface area (Å²) in [6.07, 6.45) is 1.71. The fourth-order valence-electron chi connectivity index (χ4n) is 3.44. The molecule has 2 unspecified atom stereocenters. The Bertz CT molecular complexity index is 953. The molecule has 0 radical (unpaired) electrons. The molecule has 2 aromatic carbocycles. The second kappa shape index (κ2) is 13.3. The van der Waals surface area contributed by atoms with Gasteiger partial charge in [0.2, 0.25) is 0 Å². The van der Waals surface area contributed by atoms with E-state index in [2.05, 4.69) is 5.32 Å². The Morgan fingerprint density at radius 1 is 1.15 bits per heavy atom. The van der Waals surface area contributed by atoms with E-state index in [4.69, 9.17) is 21.1 Å². The molecule has 6 nitrogen and oxygen atoms in total. The number of carbonyl (C=O) groups excluding carboxylic acids is 2. The van der Waals surface area contributed by atoms with Crippen LogP contribution in [0.4, 0.5) is 9.18 Å². The van der Waals surface area contributed by atoms with Gasteiger partial charge < -0.3 is 19.9 Å². The van der Waals surface area contributed by atoms with Crippen LogP contribution in [0, 0.1) is 11.2 Å². The van der Waals surface area contributed by atoms with Gasteiger partial charge in [0.05, 0.1) is 31.3 Å². The van der Waals surface area contributed by atoms with Crippen LogP contribution in [0.2, 0.25) is 5.02 Å². The Labute approximate surface area is 205 Å². The molecule has 1 amide bonds. The number of carbonyl (C=O) groups is 2. The molecule has 0 aromatic heterocycles. The molecule has 0 aliphatic rings. The predicted octanol–water partition coefficient (Wildman–Crippen LogP) is 6.06. The van der Waals surface area contributed by atoms with Crippen LogP contribution in [0.15, 0.2) is 42.5 Å². The SMILES string of the molecule is CCCCOC(=O)NC(CCC(C)(CO)C(=O)OCC)c1ccc(-c2cc(Cl)ccc2F)cc1. The molecule has 0 aliphatic carbocycles. The van der Waals surface area contributed by atoms with E-state index in [0.717, 1.165) is 18.4 Å². The normalized spacial score (nSPS) is 13.6. The third kappa shape index (κ3) is 7.71. The molecule has 0 spiro atoms. The third-order valence-electron chi connectivity index (χ3n) is 5.68. The summed E-state index contributed by atoms with van der Waals surface area (Å²) in [4.78, 5) is 24.7. The molecule has 2 rings (SSSR count). The summed E-state index contributed by atoms with van der Waals surface area (Å²) < 4.78 is 24.6. The zero-order chi connectivity index (χ0) is 25.1. The van der Waals surface area contributed by atoms with E-state index >= 15 is 0 Å². The number of aliphatic hydroxyl groups excluding tert-OH is 1. The van der Waals surface area contributed by atoms with E-state index in [9.17, 15) is 19.1 Å². The summed E-state index contributed by atoms with van der Waals surface area (Å²) in [5, 5.41) is 13.1. The number of nitrogens with one attached hydrogen (secondary N) is 1.